The van der Waals surface area contributed by atoms with Gasteiger partial charge in [0.2, 0.25) is 0 Å². The minimum Gasteiger partial charge on any atom is -0.241 e. The second kappa shape index (κ2) is 4.65. The molecular weight excluding hydrogens is 294 g/mol. The van der Waals surface area contributed by atoms with E-state index in [1.165, 1.54) is 3.97 Å². The van der Waals surface area contributed by atoms with Crippen molar-refractivity contribution in [2.75, 3.05) is 0 Å². The van der Waals surface area contributed by atoms with Gasteiger partial charge in [-0.05, 0) is 42.8 Å². The SMILES string of the molecule is Cc1cn(S(=O)(=O)c2ccccc2)c2ccc(Cl)cc12. The van der Waals surface area contributed by atoms with Crippen molar-refractivity contribution < 1.29 is 8.42 Å². The summed E-state index contributed by atoms with van der Waals surface area (Å²) in [6, 6.07) is 13.6. The summed E-state index contributed by atoms with van der Waals surface area (Å²) in [5, 5.41) is 1.44. The summed E-state index contributed by atoms with van der Waals surface area (Å²) in [6.07, 6.45) is 1.63. The third kappa shape index (κ3) is 2.01. The summed E-state index contributed by atoms with van der Waals surface area (Å²) in [6.45, 7) is 1.87. The maximum atomic E-state index is 12.7. The first-order chi connectivity index (χ1) is 9.50. The molecule has 20 heavy (non-hydrogen) atoms. The van der Waals surface area contributed by atoms with Crippen LogP contribution in [0.3, 0.4) is 0 Å². The fraction of sp³-hybridized carbons (Fsp3) is 0.0667. The third-order valence-corrected chi connectivity index (χ3v) is 5.15. The number of hydrogen-bond donors (Lipinski definition) is 0. The molecule has 0 bridgehead atoms. The zero-order valence-electron chi connectivity index (χ0n) is 10.7. The number of halogens is 1. The van der Waals surface area contributed by atoms with E-state index in [0.717, 1.165) is 10.9 Å². The van der Waals surface area contributed by atoms with Gasteiger partial charge in [0.15, 0.2) is 0 Å². The minimum atomic E-state index is -3.58. The Bertz CT molecular complexity index is 883. The van der Waals surface area contributed by atoms with E-state index in [0.29, 0.717) is 10.5 Å². The second-order valence-corrected chi connectivity index (χ2v) is 6.84. The van der Waals surface area contributed by atoms with E-state index in [1.807, 2.05) is 6.92 Å². The highest BCUT2D eigenvalue weighted by Gasteiger charge is 2.19. The average Bonchev–Trinajstić information content (AvgIpc) is 2.77. The molecular formula is C15H12ClNO2S. The van der Waals surface area contributed by atoms with Gasteiger partial charge in [0.1, 0.15) is 0 Å². The van der Waals surface area contributed by atoms with Gasteiger partial charge in [-0.1, -0.05) is 29.8 Å². The molecule has 0 unspecified atom stereocenters. The van der Waals surface area contributed by atoms with Crippen molar-refractivity contribution in [3.63, 3.8) is 0 Å². The normalized spacial score (nSPS) is 11.9. The van der Waals surface area contributed by atoms with Crippen LogP contribution in [0.1, 0.15) is 5.56 Å². The van der Waals surface area contributed by atoms with Crippen LogP contribution in [0.15, 0.2) is 59.6 Å². The van der Waals surface area contributed by atoms with E-state index in [1.54, 1.807) is 54.7 Å². The molecule has 0 aliphatic heterocycles. The van der Waals surface area contributed by atoms with Gasteiger partial charge in [0.25, 0.3) is 10.0 Å². The summed E-state index contributed by atoms with van der Waals surface area (Å²) in [4.78, 5) is 0.270. The van der Waals surface area contributed by atoms with E-state index in [9.17, 15) is 8.42 Å². The first-order valence-electron chi connectivity index (χ1n) is 6.08. The summed E-state index contributed by atoms with van der Waals surface area (Å²) in [5.41, 5.74) is 1.51. The number of nitrogens with zero attached hydrogens (tertiary/aromatic N) is 1. The summed E-state index contributed by atoms with van der Waals surface area (Å²) in [7, 11) is -3.58. The highest BCUT2D eigenvalue weighted by atomic mass is 35.5. The molecule has 0 saturated heterocycles. The smallest absolute Gasteiger partial charge is 0.241 e. The number of aryl methyl sites for hydroxylation is 1. The molecule has 0 spiro atoms. The monoisotopic (exact) mass is 305 g/mol. The van der Waals surface area contributed by atoms with Gasteiger partial charge in [-0.15, -0.1) is 0 Å². The number of rotatable bonds is 2. The highest BCUT2D eigenvalue weighted by Crippen LogP contribution is 2.27. The van der Waals surface area contributed by atoms with Crippen molar-refractivity contribution in [3.8, 4) is 0 Å². The second-order valence-electron chi connectivity index (χ2n) is 4.59. The van der Waals surface area contributed by atoms with E-state index < -0.39 is 10.0 Å². The summed E-state index contributed by atoms with van der Waals surface area (Å²) < 4.78 is 26.7. The first-order valence-corrected chi connectivity index (χ1v) is 7.90. The number of benzene rings is 2. The van der Waals surface area contributed by atoms with Gasteiger partial charge in [0, 0.05) is 16.6 Å². The molecule has 3 aromatic rings. The lowest BCUT2D eigenvalue weighted by atomic mass is 10.2. The maximum absolute atomic E-state index is 12.7. The molecule has 3 rings (SSSR count). The van der Waals surface area contributed by atoms with Crippen LogP contribution in [-0.2, 0) is 10.0 Å². The molecule has 0 radical (unpaired) electrons. The van der Waals surface area contributed by atoms with Crippen molar-refractivity contribution in [2.24, 2.45) is 0 Å². The Balaban J connectivity index is 2.31. The lowest BCUT2D eigenvalue weighted by Crippen LogP contribution is -2.11. The lowest BCUT2D eigenvalue weighted by molar-refractivity contribution is 0.589. The quantitative estimate of drug-likeness (QED) is 0.721. The lowest BCUT2D eigenvalue weighted by Gasteiger charge is -2.07. The molecule has 1 aromatic heterocycles. The third-order valence-electron chi connectivity index (χ3n) is 3.23. The van der Waals surface area contributed by atoms with Crippen LogP contribution >= 0.6 is 11.6 Å². The number of fused-ring (bicyclic) bond motifs is 1. The fourth-order valence-corrected chi connectivity index (χ4v) is 3.85. The standard InChI is InChI=1S/C15H12ClNO2S/c1-11-10-17(15-8-7-12(16)9-14(11)15)20(18,19)13-5-3-2-4-6-13/h2-10H,1H3. The van der Waals surface area contributed by atoms with Crippen LogP contribution in [0, 0.1) is 6.92 Å². The van der Waals surface area contributed by atoms with Crippen LogP contribution in [0.4, 0.5) is 0 Å². The van der Waals surface area contributed by atoms with Gasteiger partial charge >= 0.3 is 0 Å². The van der Waals surface area contributed by atoms with Gasteiger partial charge in [0.05, 0.1) is 10.4 Å². The number of aromatic nitrogens is 1. The van der Waals surface area contributed by atoms with Gasteiger partial charge in [-0.3, -0.25) is 0 Å². The van der Waals surface area contributed by atoms with Crippen LogP contribution in [0.25, 0.3) is 10.9 Å². The van der Waals surface area contributed by atoms with Gasteiger partial charge in [-0.25, -0.2) is 12.4 Å². The predicted molar refractivity (Wildman–Crippen MR) is 80.7 cm³/mol. The Labute approximate surface area is 122 Å². The minimum absolute atomic E-state index is 0.270. The molecule has 3 nitrogen and oxygen atoms in total. The molecule has 0 aliphatic carbocycles. The largest absolute Gasteiger partial charge is 0.268 e. The Morgan fingerprint density at radius 1 is 1.05 bits per heavy atom. The van der Waals surface area contributed by atoms with Crippen molar-refractivity contribution >= 4 is 32.5 Å². The van der Waals surface area contributed by atoms with E-state index >= 15 is 0 Å². The molecule has 0 atom stereocenters. The Morgan fingerprint density at radius 2 is 1.75 bits per heavy atom. The van der Waals surface area contributed by atoms with Crippen molar-refractivity contribution in [3.05, 3.63) is 65.3 Å². The average molecular weight is 306 g/mol. The van der Waals surface area contributed by atoms with Crippen molar-refractivity contribution in [1.29, 1.82) is 0 Å². The van der Waals surface area contributed by atoms with E-state index in [4.69, 9.17) is 11.6 Å². The van der Waals surface area contributed by atoms with Gasteiger partial charge < -0.3 is 0 Å². The zero-order chi connectivity index (χ0) is 14.3. The Hall–Kier alpha value is -1.78. The van der Waals surface area contributed by atoms with E-state index in [2.05, 4.69) is 0 Å². The van der Waals surface area contributed by atoms with Gasteiger partial charge in [-0.2, -0.15) is 0 Å². The van der Waals surface area contributed by atoms with Crippen molar-refractivity contribution in [2.45, 2.75) is 11.8 Å². The summed E-state index contributed by atoms with van der Waals surface area (Å²) >= 11 is 5.97. The molecule has 0 fully saturated rings. The molecule has 1 heterocycles. The molecule has 0 saturated carbocycles. The summed E-state index contributed by atoms with van der Waals surface area (Å²) in [5.74, 6) is 0. The van der Waals surface area contributed by atoms with Crippen LogP contribution in [0.2, 0.25) is 5.02 Å². The number of hydrogen-bond acceptors (Lipinski definition) is 2. The molecule has 0 aliphatic rings. The molecule has 2 aromatic carbocycles. The molecule has 102 valence electrons. The topological polar surface area (TPSA) is 39.1 Å². The predicted octanol–water partition coefficient (Wildman–Crippen LogP) is 3.84. The van der Waals surface area contributed by atoms with Crippen LogP contribution in [-0.4, -0.2) is 12.4 Å². The first kappa shape index (κ1) is 13.2. The zero-order valence-corrected chi connectivity index (χ0v) is 12.3. The van der Waals surface area contributed by atoms with Crippen LogP contribution in [0.5, 0.6) is 0 Å². The fourth-order valence-electron chi connectivity index (χ4n) is 2.24. The molecule has 0 amide bonds. The van der Waals surface area contributed by atoms with E-state index in [-0.39, 0.29) is 4.90 Å². The highest BCUT2D eigenvalue weighted by molar-refractivity contribution is 7.90. The maximum Gasteiger partial charge on any atom is 0.268 e. The Kier molecular flexibility index (Phi) is 3.07. The molecule has 5 heteroatoms. The van der Waals surface area contributed by atoms with Crippen molar-refractivity contribution in [1.82, 2.24) is 3.97 Å². The van der Waals surface area contributed by atoms with Crippen LogP contribution < -0.4 is 0 Å². The molecule has 0 N–H and O–H groups in total. The Morgan fingerprint density at radius 3 is 2.45 bits per heavy atom.